The highest BCUT2D eigenvalue weighted by Gasteiger charge is 2.25. The smallest absolute Gasteiger partial charge is 0.0868 e. The molecule has 1 unspecified atom stereocenters. The molecule has 1 saturated carbocycles. The van der Waals surface area contributed by atoms with Crippen LogP contribution in [-0.2, 0) is 5.60 Å². The van der Waals surface area contributed by atoms with Gasteiger partial charge in [0.2, 0.25) is 0 Å². The van der Waals surface area contributed by atoms with Crippen LogP contribution in [0.15, 0.2) is 30.3 Å². The Hall–Kier alpha value is -0.470. The third-order valence-corrected chi connectivity index (χ3v) is 3.91. The molecule has 0 radical (unpaired) electrons. The van der Waals surface area contributed by atoms with E-state index in [0.717, 1.165) is 17.9 Å². The summed E-state index contributed by atoms with van der Waals surface area (Å²) in [5.74, 6) is 0.857. The Morgan fingerprint density at radius 1 is 1.18 bits per heavy atom. The van der Waals surface area contributed by atoms with Crippen LogP contribution in [0.3, 0.4) is 0 Å². The third kappa shape index (κ3) is 4.04. The fraction of sp³-hybridized carbons (Fsp3) is 0.600. The van der Waals surface area contributed by atoms with Gasteiger partial charge in [-0.2, -0.15) is 13.5 Å². The second-order valence-corrected chi connectivity index (χ2v) is 5.33. The molecule has 0 heterocycles. The molecular weight excluding hydrogens is 228 g/mol. The van der Waals surface area contributed by atoms with Gasteiger partial charge in [0.15, 0.2) is 0 Å². The zero-order chi connectivity index (χ0) is 11.4. The third-order valence-electron chi connectivity index (χ3n) is 3.91. The monoisotopic (exact) mass is 252 g/mol. The molecule has 0 aliphatic heterocycles. The number of hydrogen-bond acceptors (Lipinski definition) is 1. The van der Waals surface area contributed by atoms with Crippen molar-refractivity contribution in [3.63, 3.8) is 0 Å². The standard InChI is InChI=1S/C15H22O.H2S/c1-15(16,14-9-3-2-4-10-14)12-11-13-7-5-6-8-13;/h2-4,9-10,13,16H,5-8,11-12H2,1H3;1H2. The largest absolute Gasteiger partial charge is 0.385 e. The molecule has 0 saturated heterocycles. The van der Waals surface area contributed by atoms with Gasteiger partial charge in [-0.15, -0.1) is 0 Å². The maximum Gasteiger partial charge on any atom is 0.0868 e. The molecule has 1 fully saturated rings. The first-order chi connectivity index (χ1) is 7.68. The van der Waals surface area contributed by atoms with Gasteiger partial charge >= 0.3 is 0 Å². The lowest BCUT2D eigenvalue weighted by atomic mass is 9.87. The number of aliphatic hydroxyl groups is 1. The average molecular weight is 252 g/mol. The van der Waals surface area contributed by atoms with E-state index in [-0.39, 0.29) is 13.5 Å². The van der Waals surface area contributed by atoms with Crippen molar-refractivity contribution in [3.05, 3.63) is 35.9 Å². The van der Waals surface area contributed by atoms with Crippen molar-refractivity contribution in [3.8, 4) is 0 Å². The molecule has 0 bridgehead atoms. The Labute approximate surface area is 112 Å². The zero-order valence-electron chi connectivity index (χ0n) is 10.7. The lowest BCUT2D eigenvalue weighted by Gasteiger charge is -2.25. The molecule has 2 heteroatoms. The summed E-state index contributed by atoms with van der Waals surface area (Å²) in [6.45, 7) is 1.94. The van der Waals surface area contributed by atoms with Crippen LogP contribution in [-0.4, -0.2) is 5.11 Å². The predicted molar refractivity (Wildman–Crippen MR) is 77.6 cm³/mol. The Balaban J connectivity index is 0.00000144. The fourth-order valence-corrected chi connectivity index (χ4v) is 2.73. The van der Waals surface area contributed by atoms with Crippen molar-refractivity contribution in [2.24, 2.45) is 5.92 Å². The molecule has 1 nitrogen and oxygen atoms in total. The average Bonchev–Trinajstić information content (AvgIpc) is 2.81. The number of rotatable bonds is 4. The molecule has 1 N–H and O–H groups in total. The zero-order valence-corrected chi connectivity index (χ0v) is 11.7. The van der Waals surface area contributed by atoms with Gasteiger partial charge in [0, 0.05) is 0 Å². The molecule has 1 aromatic rings. The summed E-state index contributed by atoms with van der Waals surface area (Å²) in [6.07, 6.45) is 7.57. The minimum absolute atomic E-state index is 0. The lowest BCUT2D eigenvalue weighted by Crippen LogP contribution is -2.21. The van der Waals surface area contributed by atoms with Gasteiger partial charge < -0.3 is 5.11 Å². The van der Waals surface area contributed by atoms with Gasteiger partial charge in [-0.05, 0) is 31.2 Å². The fourth-order valence-electron chi connectivity index (χ4n) is 2.73. The first-order valence-electron chi connectivity index (χ1n) is 6.46. The normalized spacial score (nSPS) is 19.6. The number of hydrogen-bond donors (Lipinski definition) is 1. The second-order valence-electron chi connectivity index (χ2n) is 5.33. The Morgan fingerprint density at radius 2 is 1.76 bits per heavy atom. The highest BCUT2D eigenvalue weighted by Crippen LogP contribution is 2.33. The summed E-state index contributed by atoms with van der Waals surface area (Å²) in [4.78, 5) is 0. The van der Waals surface area contributed by atoms with Crippen LogP contribution in [0.2, 0.25) is 0 Å². The molecule has 0 spiro atoms. The summed E-state index contributed by atoms with van der Waals surface area (Å²) < 4.78 is 0. The summed E-state index contributed by atoms with van der Waals surface area (Å²) >= 11 is 0. The van der Waals surface area contributed by atoms with Crippen molar-refractivity contribution >= 4 is 13.5 Å². The van der Waals surface area contributed by atoms with E-state index < -0.39 is 5.60 Å². The molecule has 1 aromatic carbocycles. The molecule has 96 valence electrons. The van der Waals surface area contributed by atoms with Gasteiger partial charge in [0.05, 0.1) is 5.60 Å². The lowest BCUT2D eigenvalue weighted by molar-refractivity contribution is 0.0409. The van der Waals surface area contributed by atoms with E-state index in [0.29, 0.717) is 0 Å². The van der Waals surface area contributed by atoms with Crippen LogP contribution in [0, 0.1) is 5.92 Å². The van der Waals surface area contributed by atoms with Crippen LogP contribution < -0.4 is 0 Å². The van der Waals surface area contributed by atoms with Crippen LogP contribution >= 0.6 is 13.5 Å². The predicted octanol–water partition coefficient (Wildman–Crippen LogP) is 3.98. The van der Waals surface area contributed by atoms with Gasteiger partial charge in [-0.25, -0.2) is 0 Å². The first-order valence-corrected chi connectivity index (χ1v) is 6.46. The minimum atomic E-state index is -0.649. The van der Waals surface area contributed by atoms with Crippen LogP contribution in [0.25, 0.3) is 0 Å². The topological polar surface area (TPSA) is 20.2 Å². The van der Waals surface area contributed by atoms with Gasteiger partial charge in [-0.1, -0.05) is 56.0 Å². The van der Waals surface area contributed by atoms with E-state index in [2.05, 4.69) is 0 Å². The van der Waals surface area contributed by atoms with E-state index >= 15 is 0 Å². The highest BCUT2D eigenvalue weighted by molar-refractivity contribution is 7.59. The Bertz CT molecular complexity index is 315. The summed E-state index contributed by atoms with van der Waals surface area (Å²) in [7, 11) is 0. The van der Waals surface area contributed by atoms with Crippen LogP contribution in [0.4, 0.5) is 0 Å². The van der Waals surface area contributed by atoms with Crippen LogP contribution in [0.5, 0.6) is 0 Å². The highest BCUT2D eigenvalue weighted by atomic mass is 32.1. The van der Waals surface area contributed by atoms with Crippen molar-refractivity contribution in [1.29, 1.82) is 0 Å². The van der Waals surface area contributed by atoms with E-state index in [4.69, 9.17) is 0 Å². The van der Waals surface area contributed by atoms with Gasteiger partial charge in [-0.3, -0.25) is 0 Å². The van der Waals surface area contributed by atoms with Crippen LogP contribution in [0.1, 0.15) is 51.0 Å². The molecular formula is C15H24OS. The van der Waals surface area contributed by atoms with Crippen molar-refractivity contribution in [1.82, 2.24) is 0 Å². The molecule has 1 aliphatic rings. The maximum atomic E-state index is 10.4. The second kappa shape index (κ2) is 6.46. The minimum Gasteiger partial charge on any atom is -0.385 e. The molecule has 2 rings (SSSR count). The number of benzene rings is 1. The van der Waals surface area contributed by atoms with E-state index in [1.54, 1.807) is 0 Å². The van der Waals surface area contributed by atoms with Crippen molar-refractivity contribution < 1.29 is 5.11 Å². The molecule has 0 amide bonds. The summed E-state index contributed by atoms with van der Waals surface area (Å²) in [6, 6.07) is 10.0. The first kappa shape index (κ1) is 14.6. The van der Waals surface area contributed by atoms with E-state index in [1.807, 2.05) is 37.3 Å². The van der Waals surface area contributed by atoms with Gasteiger partial charge in [0.1, 0.15) is 0 Å². The summed E-state index contributed by atoms with van der Waals surface area (Å²) in [5.41, 5.74) is 0.400. The van der Waals surface area contributed by atoms with E-state index in [9.17, 15) is 5.11 Å². The molecule has 17 heavy (non-hydrogen) atoms. The molecule has 1 atom stereocenters. The maximum absolute atomic E-state index is 10.4. The quantitative estimate of drug-likeness (QED) is 0.859. The SMILES string of the molecule is CC(O)(CCC1CCCC1)c1ccccc1.S. The van der Waals surface area contributed by atoms with E-state index in [1.165, 1.54) is 32.1 Å². The van der Waals surface area contributed by atoms with Crippen molar-refractivity contribution in [2.75, 3.05) is 0 Å². The molecule has 1 aliphatic carbocycles. The summed E-state index contributed by atoms with van der Waals surface area (Å²) in [5, 5.41) is 10.4. The van der Waals surface area contributed by atoms with Crippen molar-refractivity contribution in [2.45, 2.75) is 51.0 Å². The molecule has 0 aromatic heterocycles. The Kier molecular flexibility index (Phi) is 5.54. The Morgan fingerprint density at radius 3 is 2.35 bits per heavy atom. The van der Waals surface area contributed by atoms with Gasteiger partial charge in [0.25, 0.3) is 0 Å².